The van der Waals surface area contributed by atoms with Crippen molar-refractivity contribution in [1.29, 1.82) is 0 Å². The molecule has 0 saturated heterocycles. The minimum absolute atomic E-state index is 0.310. The Kier molecular flexibility index (Phi) is 7.71. The maximum Gasteiger partial charge on any atom is 0.352 e. The van der Waals surface area contributed by atoms with Gasteiger partial charge in [0.05, 0.1) is 12.2 Å². The lowest BCUT2D eigenvalue weighted by atomic mass is 10.1. The molecule has 2 aromatic carbocycles. The molecule has 1 heterocycles. The molecule has 0 bridgehead atoms. The standard InChI is InChI=1S/C24H28O6/c1-3-4-5-6-7-8-15-27-19-11-9-18(10-12-19)24(26)29-20-13-14-21-22(16-20)28-17(2)23(25)30-21/h9-14,16-17H,3-8,15H2,1-2H3/t17-/m1/s1. The highest BCUT2D eigenvalue weighted by Crippen LogP contribution is 2.35. The summed E-state index contributed by atoms with van der Waals surface area (Å²) in [6, 6.07) is 11.5. The van der Waals surface area contributed by atoms with E-state index in [0.29, 0.717) is 29.4 Å². The predicted octanol–water partition coefficient (Wildman–Crippen LogP) is 5.33. The van der Waals surface area contributed by atoms with Crippen LogP contribution in [-0.4, -0.2) is 24.6 Å². The van der Waals surface area contributed by atoms with Crippen molar-refractivity contribution >= 4 is 11.9 Å². The Morgan fingerprint density at radius 2 is 1.63 bits per heavy atom. The van der Waals surface area contributed by atoms with Gasteiger partial charge in [0.2, 0.25) is 0 Å². The lowest BCUT2D eigenvalue weighted by Crippen LogP contribution is -2.32. The molecule has 1 aliphatic heterocycles. The summed E-state index contributed by atoms with van der Waals surface area (Å²) in [5.41, 5.74) is 0.417. The maximum atomic E-state index is 12.4. The van der Waals surface area contributed by atoms with Gasteiger partial charge in [0.1, 0.15) is 11.5 Å². The van der Waals surface area contributed by atoms with Gasteiger partial charge < -0.3 is 18.9 Å². The summed E-state index contributed by atoms with van der Waals surface area (Å²) >= 11 is 0. The zero-order valence-electron chi connectivity index (χ0n) is 17.5. The number of hydrogen-bond acceptors (Lipinski definition) is 6. The van der Waals surface area contributed by atoms with Crippen molar-refractivity contribution in [2.45, 2.75) is 58.5 Å². The molecule has 30 heavy (non-hydrogen) atoms. The smallest absolute Gasteiger partial charge is 0.352 e. The fourth-order valence-corrected chi connectivity index (χ4v) is 3.08. The lowest BCUT2D eigenvalue weighted by Gasteiger charge is -2.22. The van der Waals surface area contributed by atoms with E-state index in [1.165, 1.54) is 38.2 Å². The summed E-state index contributed by atoms with van der Waals surface area (Å²) in [7, 11) is 0. The molecule has 1 atom stereocenters. The molecule has 0 N–H and O–H groups in total. The minimum atomic E-state index is -0.702. The summed E-state index contributed by atoms with van der Waals surface area (Å²) in [4.78, 5) is 23.9. The summed E-state index contributed by atoms with van der Waals surface area (Å²) in [6.07, 6.45) is 6.58. The number of carbonyl (C=O) groups excluding carboxylic acids is 2. The molecule has 0 saturated carbocycles. The number of esters is 2. The van der Waals surface area contributed by atoms with Crippen LogP contribution in [0.5, 0.6) is 23.0 Å². The average Bonchev–Trinajstić information content (AvgIpc) is 2.74. The van der Waals surface area contributed by atoms with Crippen molar-refractivity contribution < 1.29 is 28.5 Å². The van der Waals surface area contributed by atoms with E-state index in [4.69, 9.17) is 18.9 Å². The number of unbranched alkanes of at least 4 members (excludes halogenated alkanes) is 5. The summed E-state index contributed by atoms with van der Waals surface area (Å²) in [6.45, 7) is 4.48. The van der Waals surface area contributed by atoms with Crippen molar-refractivity contribution in [2.24, 2.45) is 0 Å². The molecule has 6 heteroatoms. The van der Waals surface area contributed by atoms with Crippen LogP contribution >= 0.6 is 0 Å². The highest BCUT2D eigenvalue weighted by molar-refractivity contribution is 5.91. The number of hydrogen-bond donors (Lipinski definition) is 0. The van der Waals surface area contributed by atoms with Crippen molar-refractivity contribution in [1.82, 2.24) is 0 Å². The largest absolute Gasteiger partial charge is 0.494 e. The van der Waals surface area contributed by atoms with Crippen LogP contribution in [0.3, 0.4) is 0 Å². The van der Waals surface area contributed by atoms with Gasteiger partial charge in [-0.2, -0.15) is 0 Å². The van der Waals surface area contributed by atoms with Crippen LogP contribution < -0.4 is 18.9 Å². The fraction of sp³-hybridized carbons (Fsp3) is 0.417. The van der Waals surface area contributed by atoms with E-state index in [9.17, 15) is 9.59 Å². The van der Waals surface area contributed by atoms with Crippen LogP contribution in [0.15, 0.2) is 42.5 Å². The van der Waals surface area contributed by atoms with E-state index in [1.54, 1.807) is 43.3 Å². The van der Waals surface area contributed by atoms with Crippen LogP contribution in [0.2, 0.25) is 0 Å². The highest BCUT2D eigenvalue weighted by Gasteiger charge is 2.26. The Hall–Kier alpha value is -3.02. The van der Waals surface area contributed by atoms with Crippen LogP contribution in [0.1, 0.15) is 62.7 Å². The van der Waals surface area contributed by atoms with Crippen LogP contribution in [-0.2, 0) is 4.79 Å². The third-order valence-corrected chi connectivity index (χ3v) is 4.83. The molecule has 0 radical (unpaired) electrons. The third kappa shape index (κ3) is 5.99. The molecule has 0 spiro atoms. The van der Waals surface area contributed by atoms with E-state index in [2.05, 4.69) is 6.92 Å². The van der Waals surface area contributed by atoms with Crippen molar-refractivity contribution in [2.75, 3.05) is 6.61 Å². The number of fused-ring (bicyclic) bond motifs is 1. The molecule has 2 aromatic rings. The van der Waals surface area contributed by atoms with Gasteiger partial charge in [-0.1, -0.05) is 39.0 Å². The highest BCUT2D eigenvalue weighted by atomic mass is 16.6. The number of carbonyl (C=O) groups is 2. The van der Waals surface area contributed by atoms with Crippen LogP contribution in [0.4, 0.5) is 0 Å². The summed E-state index contributed by atoms with van der Waals surface area (Å²) < 4.78 is 21.8. The van der Waals surface area contributed by atoms with E-state index >= 15 is 0 Å². The molecule has 0 amide bonds. The first-order valence-corrected chi connectivity index (χ1v) is 10.5. The Balaban J connectivity index is 1.48. The number of ether oxygens (including phenoxy) is 4. The van der Waals surface area contributed by atoms with Gasteiger partial charge in [-0.25, -0.2) is 9.59 Å². The average molecular weight is 412 g/mol. The Bertz CT molecular complexity index is 858. The molecular weight excluding hydrogens is 384 g/mol. The molecule has 3 rings (SSSR count). The van der Waals surface area contributed by atoms with Crippen molar-refractivity contribution in [3.8, 4) is 23.0 Å². The monoisotopic (exact) mass is 412 g/mol. The second-order valence-electron chi connectivity index (χ2n) is 7.32. The summed E-state index contributed by atoms with van der Waals surface area (Å²) in [5.74, 6) is 0.783. The Morgan fingerprint density at radius 3 is 2.40 bits per heavy atom. The molecule has 1 aliphatic rings. The van der Waals surface area contributed by atoms with Crippen LogP contribution in [0.25, 0.3) is 0 Å². The Morgan fingerprint density at radius 1 is 0.933 bits per heavy atom. The van der Waals surface area contributed by atoms with Gasteiger partial charge >= 0.3 is 11.9 Å². The lowest BCUT2D eigenvalue weighted by molar-refractivity contribution is -0.144. The predicted molar refractivity (Wildman–Crippen MR) is 112 cm³/mol. The number of benzene rings is 2. The quantitative estimate of drug-likeness (QED) is 0.298. The first kappa shape index (κ1) is 21.7. The van der Waals surface area contributed by atoms with Gasteiger partial charge in [0.25, 0.3) is 0 Å². The van der Waals surface area contributed by atoms with Gasteiger partial charge in [-0.05, 0) is 49.7 Å². The molecule has 0 unspecified atom stereocenters. The maximum absolute atomic E-state index is 12.4. The first-order chi connectivity index (χ1) is 14.6. The van der Waals surface area contributed by atoms with Crippen molar-refractivity contribution in [3.05, 3.63) is 48.0 Å². The molecular formula is C24H28O6. The summed E-state index contributed by atoms with van der Waals surface area (Å²) in [5, 5.41) is 0. The van der Waals surface area contributed by atoms with E-state index in [1.807, 2.05) is 0 Å². The normalized spacial score (nSPS) is 15.0. The molecule has 6 nitrogen and oxygen atoms in total. The van der Waals surface area contributed by atoms with E-state index in [0.717, 1.165) is 12.2 Å². The van der Waals surface area contributed by atoms with Crippen LogP contribution in [0, 0.1) is 0 Å². The van der Waals surface area contributed by atoms with E-state index in [-0.39, 0.29) is 0 Å². The molecule has 0 aromatic heterocycles. The van der Waals surface area contributed by atoms with Crippen molar-refractivity contribution in [3.63, 3.8) is 0 Å². The van der Waals surface area contributed by atoms with E-state index < -0.39 is 18.0 Å². The molecule has 160 valence electrons. The second-order valence-corrected chi connectivity index (χ2v) is 7.32. The zero-order valence-corrected chi connectivity index (χ0v) is 17.5. The molecule has 0 fully saturated rings. The topological polar surface area (TPSA) is 71.1 Å². The second kappa shape index (κ2) is 10.7. The Labute approximate surface area is 177 Å². The first-order valence-electron chi connectivity index (χ1n) is 10.5. The minimum Gasteiger partial charge on any atom is -0.494 e. The van der Waals surface area contributed by atoms with Gasteiger partial charge in [-0.3, -0.25) is 0 Å². The zero-order chi connectivity index (χ0) is 21.3. The van der Waals surface area contributed by atoms with Gasteiger partial charge in [-0.15, -0.1) is 0 Å². The third-order valence-electron chi connectivity index (χ3n) is 4.83. The van der Waals surface area contributed by atoms with Gasteiger partial charge in [0.15, 0.2) is 17.6 Å². The fourth-order valence-electron chi connectivity index (χ4n) is 3.08. The number of rotatable bonds is 10. The molecule has 0 aliphatic carbocycles. The SMILES string of the molecule is CCCCCCCCOc1ccc(C(=O)Oc2ccc3c(c2)O[C@H](C)C(=O)O3)cc1. The van der Waals surface area contributed by atoms with Gasteiger partial charge in [0, 0.05) is 6.07 Å².